The number of hydrogen-bond donors (Lipinski definition) is 0. The molecule has 2 aromatic carbocycles. The third-order valence-electron chi connectivity index (χ3n) is 3.87. The Kier molecular flexibility index (Phi) is 27.5. The van der Waals surface area contributed by atoms with Crippen LogP contribution in [0.15, 0.2) is 67.3 Å². The van der Waals surface area contributed by atoms with E-state index in [1.165, 1.54) is 0 Å². The third-order valence-corrected chi connectivity index (χ3v) is 8.56. The van der Waals surface area contributed by atoms with E-state index in [0.29, 0.717) is 35.8 Å². The van der Waals surface area contributed by atoms with Gasteiger partial charge in [-0.25, -0.2) is 16.8 Å². The number of hydrogen-bond acceptors (Lipinski definition) is 9. The Morgan fingerprint density at radius 1 is 0.694 bits per heavy atom. The van der Waals surface area contributed by atoms with Gasteiger partial charge in [0.1, 0.15) is 0 Å². The zero-order chi connectivity index (χ0) is 26.2. The van der Waals surface area contributed by atoms with Crippen LogP contribution in [0.5, 0.6) is 0 Å². The Morgan fingerprint density at radius 3 is 1.17 bits per heavy atom. The summed E-state index contributed by atoms with van der Waals surface area (Å²) in [6.45, 7) is 0.936. The van der Waals surface area contributed by atoms with Crippen molar-refractivity contribution in [1.29, 1.82) is 0 Å². The van der Waals surface area contributed by atoms with Crippen molar-refractivity contribution < 1.29 is 144 Å². The van der Waals surface area contributed by atoms with Gasteiger partial charge < -0.3 is 24.5 Å². The van der Waals surface area contributed by atoms with E-state index in [9.17, 15) is 16.8 Å². The maximum atomic E-state index is 11.7. The Hall–Kier alpha value is 1.76. The molecule has 0 radical (unpaired) electrons. The van der Waals surface area contributed by atoms with Crippen molar-refractivity contribution in [3.8, 4) is 0 Å². The van der Waals surface area contributed by atoms with Gasteiger partial charge in [-0.2, -0.15) is 0 Å². The topological polar surface area (TPSA) is 150 Å². The summed E-state index contributed by atoms with van der Waals surface area (Å²) in [6.07, 6.45) is -1.29. The maximum Gasteiger partial charge on any atom is 1.00 e. The predicted molar refractivity (Wildman–Crippen MR) is 131 cm³/mol. The van der Waals surface area contributed by atoms with Gasteiger partial charge in [-0.3, -0.25) is 0 Å². The van der Waals surface area contributed by atoms with E-state index in [1.807, 2.05) is 0 Å². The molecule has 2 aromatic rings. The first-order valence-corrected chi connectivity index (χ1v) is 14.6. The van der Waals surface area contributed by atoms with Crippen LogP contribution in [0.4, 0.5) is 4.79 Å². The zero-order valence-electron chi connectivity index (χ0n) is 20.6. The minimum Gasteiger partial charge on any atom is -0.652 e. The summed E-state index contributed by atoms with van der Waals surface area (Å²) in [6, 6.07) is 13.3. The summed E-state index contributed by atoms with van der Waals surface area (Å²) in [7, 11) is -3.18. The molecular formula is C21H26Br2K2O9S2. The van der Waals surface area contributed by atoms with Gasteiger partial charge in [0, 0.05) is 36.4 Å². The Morgan fingerprint density at radius 2 is 0.944 bits per heavy atom. The van der Waals surface area contributed by atoms with Crippen molar-refractivity contribution in [1.82, 2.24) is 0 Å². The van der Waals surface area contributed by atoms with Gasteiger partial charge in [0.2, 0.25) is 0 Å². The minimum atomic E-state index is -3.15. The van der Waals surface area contributed by atoms with E-state index in [4.69, 9.17) is 24.5 Å². The molecule has 0 atom stereocenters. The molecule has 0 N–H and O–H groups in total. The summed E-state index contributed by atoms with van der Waals surface area (Å²) in [4.78, 5) is 9.06. The van der Waals surface area contributed by atoms with Crippen molar-refractivity contribution >= 4 is 57.7 Å². The van der Waals surface area contributed by atoms with Gasteiger partial charge in [0.05, 0.1) is 21.3 Å². The molecule has 2 rings (SSSR count). The number of carboxylic acid groups (broad SMARTS) is 2. The summed E-state index contributed by atoms with van der Waals surface area (Å²) >= 11 is 6.52. The minimum absolute atomic E-state index is 0. The van der Waals surface area contributed by atoms with Crippen LogP contribution < -0.4 is 113 Å². The molecule has 0 bridgehead atoms. The number of ether oxygens (including phenoxy) is 2. The summed E-state index contributed by atoms with van der Waals surface area (Å²) in [5.74, 6) is 0.255. The van der Waals surface area contributed by atoms with E-state index in [-0.39, 0.29) is 114 Å². The molecule has 0 aromatic heterocycles. The molecule has 36 heavy (non-hydrogen) atoms. The second-order valence-electron chi connectivity index (χ2n) is 6.49. The molecule has 15 heteroatoms. The molecule has 0 aliphatic carbocycles. The number of carbonyl (C=O) groups excluding carboxylic acids is 1. The van der Waals surface area contributed by atoms with E-state index < -0.39 is 25.8 Å². The smallest absolute Gasteiger partial charge is 0.652 e. The van der Waals surface area contributed by atoms with Crippen LogP contribution in [-0.2, 0) is 29.1 Å². The van der Waals surface area contributed by atoms with E-state index in [1.54, 1.807) is 62.8 Å². The molecule has 0 heterocycles. The van der Waals surface area contributed by atoms with Gasteiger partial charge in [-0.15, -0.1) is 0 Å². The van der Waals surface area contributed by atoms with Crippen LogP contribution in [0.25, 0.3) is 0 Å². The van der Waals surface area contributed by atoms with Crippen molar-refractivity contribution in [3.63, 3.8) is 0 Å². The molecule has 0 aliphatic rings. The van der Waals surface area contributed by atoms with E-state index >= 15 is 0 Å². The Bertz CT molecular complexity index is 980. The number of carbonyl (C=O) groups is 1. The van der Waals surface area contributed by atoms with Crippen LogP contribution >= 0.6 is 31.9 Å². The van der Waals surface area contributed by atoms with Gasteiger partial charge in [0.15, 0.2) is 19.7 Å². The number of sulfone groups is 2. The van der Waals surface area contributed by atoms with E-state index in [0.717, 1.165) is 8.95 Å². The molecular weight excluding hydrogens is 698 g/mol. The van der Waals surface area contributed by atoms with Crippen LogP contribution in [-0.4, -0.2) is 61.9 Å². The average Bonchev–Trinajstić information content (AvgIpc) is 2.75. The van der Waals surface area contributed by atoms with Crippen molar-refractivity contribution in [3.05, 3.63) is 57.5 Å². The first-order valence-electron chi connectivity index (χ1n) is 9.68. The zero-order valence-corrected chi connectivity index (χ0v) is 31.7. The van der Waals surface area contributed by atoms with E-state index in [2.05, 4.69) is 31.9 Å². The molecule has 0 amide bonds. The fraction of sp³-hybridized carbons (Fsp3) is 0.381. The number of methoxy groups -OCH3 is 2. The predicted octanol–water partition coefficient (Wildman–Crippen LogP) is -3.92. The molecule has 0 fully saturated rings. The molecule has 192 valence electrons. The fourth-order valence-electron chi connectivity index (χ4n) is 2.31. The molecule has 0 unspecified atom stereocenters. The monoisotopic (exact) mass is 722 g/mol. The summed E-state index contributed by atoms with van der Waals surface area (Å²) in [5, 5.41) is 16.7. The first-order chi connectivity index (χ1) is 15.9. The maximum absolute atomic E-state index is 11.7. The molecule has 9 nitrogen and oxygen atoms in total. The Labute approximate surface area is 315 Å². The van der Waals surface area contributed by atoms with Gasteiger partial charge >= 0.3 is 103 Å². The van der Waals surface area contributed by atoms with Crippen LogP contribution in [0.1, 0.15) is 12.8 Å². The largest absolute Gasteiger partial charge is 1.00 e. The van der Waals surface area contributed by atoms with Gasteiger partial charge in [-0.1, -0.05) is 31.9 Å². The van der Waals surface area contributed by atoms with Crippen LogP contribution in [0.3, 0.4) is 0 Å². The normalized spacial score (nSPS) is 10.3. The van der Waals surface area contributed by atoms with Crippen LogP contribution in [0, 0.1) is 0 Å². The summed E-state index contributed by atoms with van der Waals surface area (Å²) in [5.41, 5.74) is 0. The molecule has 0 aliphatic heterocycles. The molecule has 0 saturated carbocycles. The molecule has 0 saturated heterocycles. The Balaban J connectivity index is -0.000000502. The summed E-state index contributed by atoms with van der Waals surface area (Å²) < 4.78 is 58.4. The van der Waals surface area contributed by atoms with Crippen molar-refractivity contribution in [2.75, 3.05) is 38.9 Å². The second kappa shape index (κ2) is 23.5. The quantitative estimate of drug-likeness (QED) is 0.177. The standard InChI is InChI=1S/2C10H13BrO3S.CH2O3.2K/c2*1-14-7-2-8-15(12,13)10-5-3-9(11)4-6-10;2-1(3)4;;/h2*3-6H,2,7-8H2,1H3;(H2,2,3,4);;/q;;;2*+1/p-2. The fourth-order valence-corrected chi connectivity index (χ4v) is 5.40. The first kappa shape index (κ1) is 42.2. The van der Waals surface area contributed by atoms with Gasteiger partial charge in [0.25, 0.3) is 0 Å². The van der Waals surface area contributed by atoms with Crippen molar-refractivity contribution in [2.45, 2.75) is 22.6 Å². The average molecular weight is 725 g/mol. The SMILES string of the molecule is COCCCS(=O)(=O)c1ccc(Br)cc1.COCCCS(=O)(=O)c1ccc(Br)cc1.O=C([O-])[O-].[K+].[K+]. The number of rotatable bonds is 10. The van der Waals surface area contributed by atoms with Crippen molar-refractivity contribution in [2.24, 2.45) is 0 Å². The number of benzene rings is 2. The molecule has 0 spiro atoms. The van der Waals surface area contributed by atoms with Crippen LogP contribution in [0.2, 0.25) is 0 Å². The number of halogens is 2. The second-order valence-corrected chi connectivity index (χ2v) is 12.5. The van der Waals surface area contributed by atoms with Gasteiger partial charge in [-0.05, 0) is 67.5 Å². The third kappa shape index (κ3) is 20.6.